The van der Waals surface area contributed by atoms with Gasteiger partial charge in [0.2, 0.25) is 0 Å². The molecule has 2 heterocycles. The molecule has 1 aromatic carbocycles. The largest absolute Gasteiger partial charge is 0.497 e. The number of ketones is 1. The highest BCUT2D eigenvalue weighted by atomic mass is 28.4. The Kier molecular flexibility index (Phi) is 4.51. The lowest BCUT2D eigenvalue weighted by Gasteiger charge is -2.39. The number of rotatable bonds is 6. The molecule has 0 N–H and O–H groups in total. The maximum atomic E-state index is 12.5. The Morgan fingerprint density at radius 3 is 2.44 bits per heavy atom. The van der Waals surface area contributed by atoms with E-state index < -0.39 is 8.32 Å². The van der Waals surface area contributed by atoms with Crippen molar-refractivity contribution in [2.45, 2.75) is 75.9 Å². The van der Waals surface area contributed by atoms with Crippen molar-refractivity contribution in [1.29, 1.82) is 0 Å². The molecular weight excluding hydrogens is 362 g/mol. The smallest absolute Gasteiger partial charge is 0.192 e. The zero-order valence-electron chi connectivity index (χ0n) is 16.9. The van der Waals surface area contributed by atoms with Gasteiger partial charge in [-0.3, -0.25) is 9.63 Å². The number of hydroxylamine groups is 2. The molecule has 2 aliphatic heterocycles. The van der Waals surface area contributed by atoms with Crippen LogP contribution < -0.4 is 4.74 Å². The van der Waals surface area contributed by atoms with E-state index in [0.717, 1.165) is 11.3 Å². The normalized spacial score (nSPS) is 34.7. The van der Waals surface area contributed by atoms with E-state index in [2.05, 4.69) is 33.9 Å². The van der Waals surface area contributed by atoms with Crippen molar-refractivity contribution in [1.82, 2.24) is 5.06 Å². The monoisotopic (exact) mass is 391 g/mol. The predicted octanol–water partition coefficient (Wildman–Crippen LogP) is 2.92. The van der Waals surface area contributed by atoms with Crippen LogP contribution in [0.1, 0.15) is 26.3 Å². The third-order valence-electron chi connectivity index (χ3n) is 6.34. The summed E-state index contributed by atoms with van der Waals surface area (Å²) in [4.78, 5) is 18.5. The SMILES string of the molecule is COc1ccc(CON2[C@H]3[C@H](O[Si](C)(C)C(C)(C)C)[C@H]4O[C@H]4C(=O)[C@H]32)cc1. The number of Topliss-reactive ketones (excluding diaryl/α,β-unsaturated/α-hetero) is 1. The van der Waals surface area contributed by atoms with Crippen molar-refractivity contribution in [2.24, 2.45) is 0 Å². The van der Waals surface area contributed by atoms with Gasteiger partial charge < -0.3 is 13.9 Å². The second-order valence-corrected chi connectivity index (χ2v) is 13.9. The number of carbonyl (C=O) groups excluding carboxylic acids is 1. The first kappa shape index (κ1) is 19.1. The van der Waals surface area contributed by atoms with Crippen LogP contribution in [0.2, 0.25) is 18.1 Å². The molecule has 0 bridgehead atoms. The molecule has 0 aromatic heterocycles. The summed E-state index contributed by atoms with van der Waals surface area (Å²) in [5, 5.41) is 1.93. The van der Waals surface area contributed by atoms with Gasteiger partial charge in [0.25, 0.3) is 0 Å². The van der Waals surface area contributed by atoms with E-state index >= 15 is 0 Å². The van der Waals surface area contributed by atoms with Crippen LogP contribution in [0, 0.1) is 0 Å². The van der Waals surface area contributed by atoms with E-state index in [9.17, 15) is 4.79 Å². The van der Waals surface area contributed by atoms with Gasteiger partial charge in [-0.25, -0.2) is 0 Å². The number of fused-ring (bicyclic) bond motifs is 2. The second-order valence-electron chi connectivity index (χ2n) is 9.18. The lowest BCUT2D eigenvalue weighted by atomic mass is 9.97. The van der Waals surface area contributed by atoms with E-state index in [-0.39, 0.29) is 41.2 Å². The second kappa shape index (κ2) is 6.39. The Labute approximate surface area is 161 Å². The maximum absolute atomic E-state index is 12.5. The number of nitrogens with zero attached hydrogens (tertiary/aromatic N) is 1. The molecule has 7 heteroatoms. The average molecular weight is 392 g/mol. The summed E-state index contributed by atoms with van der Waals surface area (Å²) in [6.07, 6.45) is -0.507. The quantitative estimate of drug-likeness (QED) is 0.549. The molecule has 0 amide bonds. The molecule has 3 aliphatic rings. The molecule has 1 unspecified atom stereocenters. The van der Waals surface area contributed by atoms with Gasteiger partial charge in [-0.1, -0.05) is 32.9 Å². The fourth-order valence-electron chi connectivity index (χ4n) is 3.50. The Hall–Kier alpha value is -1.25. The number of ether oxygens (including phenoxy) is 2. The number of benzene rings is 1. The minimum atomic E-state index is -1.96. The molecule has 1 aliphatic carbocycles. The van der Waals surface area contributed by atoms with Gasteiger partial charge in [-0.05, 0) is 35.8 Å². The fourth-order valence-corrected chi connectivity index (χ4v) is 4.81. The van der Waals surface area contributed by atoms with Crippen LogP contribution in [0.3, 0.4) is 0 Å². The Morgan fingerprint density at radius 1 is 1.19 bits per heavy atom. The van der Waals surface area contributed by atoms with Crippen LogP contribution in [0.25, 0.3) is 0 Å². The van der Waals surface area contributed by atoms with Crippen LogP contribution >= 0.6 is 0 Å². The first-order valence-corrected chi connectivity index (χ1v) is 12.5. The molecule has 27 heavy (non-hydrogen) atoms. The maximum Gasteiger partial charge on any atom is 0.192 e. The van der Waals surface area contributed by atoms with Gasteiger partial charge in [0.1, 0.15) is 24.0 Å². The van der Waals surface area contributed by atoms with Crippen molar-refractivity contribution < 1.29 is 23.5 Å². The summed E-state index contributed by atoms with van der Waals surface area (Å²) in [6, 6.07) is 7.49. The third-order valence-corrected chi connectivity index (χ3v) is 10.8. The number of hydrogen-bond donors (Lipinski definition) is 0. The molecular formula is C20H29NO5Si. The molecule has 148 valence electrons. The lowest BCUT2D eigenvalue weighted by molar-refractivity contribution is -0.131. The van der Waals surface area contributed by atoms with Crippen molar-refractivity contribution in [3.63, 3.8) is 0 Å². The zero-order valence-corrected chi connectivity index (χ0v) is 17.9. The molecule has 2 saturated heterocycles. The summed E-state index contributed by atoms with van der Waals surface area (Å²) in [7, 11) is -0.313. The van der Waals surface area contributed by atoms with Gasteiger partial charge in [0.15, 0.2) is 14.1 Å². The first-order chi connectivity index (χ1) is 12.6. The lowest BCUT2D eigenvalue weighted by Crippen LogP contribution is -2.49. The Morgan fingerprint density at radius 2 is 1.85 bits per heavy atom. The molecule has 1 aromatic rings. The van der Waals surface area contributed by atoms with Crippen LogP contribution in [0.5, 0.6) is 5.75 Å². The van der Waals surface area contributed by atoms with E-state index in [1.165, 1.54) is 0 Å². The van der Waals surface area contributed by atoms with Crippen LogP contribution in [0.15, 0.2) is 24.3 Å². The highest BCUT2D eigenvalue weighted by Crippen LogP contribution is 2.51. The number of epoxide rings is 1. The summed E-state index contributed by atoms with van der Waals surface area (Å²) >= 11 is 0. The van der Waals surface area contributed by atoms with Gasteiger partial charge in [-0.2, -0.15) is 5.06 Å². The van der Waals surface area contributed by atoms with Crippen molar-refractivity contribution >= 4 is 14.1 Å². The molecule has 1 saturated carbocycles. The number of methoxy groups -OCH3 is 1. The Balaban J connectivity index is 1.43. The minimum absolute atomic E-state index is 0.0337. The van der Waals surface area contributed by atoms with Crippen molar-refractivity contribution in [2.75, 3.05) is 7.11 Å². The van der Waals surface area contributed by atoms with E-state index in [1.54, 1.807) is 7.11 Å². The van der Waals surface area contributed by atoms with Gasteiger partial charge in [0, 0.05) is 0 Å². The fraction of sp³-hybridized carbons (Fsp3) is 0.650. The van der Waals surface area contributed by atoms with E-state index in [0.29, 0.717) is 6.61 Å². The van der Waals surface area contributed by atoms with Crippen molar-refractivity contribution in [3.8, 4) is 5.75 Å². The number of carbonyl (C=O) groups is 1. The van der Waals surface area contributed by atoms with Crippen molar-refractivity contribution in [3.05, 3.63) is 29.8 Å². The highest BCUT2D eigenvalue weighted by Gasteiger charge is 2.73. The van der Waals surface area contributed by atoms with E-state index in [4.69, 9.17) is 18.7 Å². The van der Waals surface area contributed by atoms with Gasteiger partial charge in [-0.15, -0.1) is 0 Å². The topological polar surface area (TPSA) is 60.3 Å². The molecule has 3 fully saturated rings. The van der Waals surface area contributed by atoms with Crippen LogP contribution in [0.4, 0.5) is 0 Å². The third kappa shape index (κ3) is 3.36. The molecule has 4 rings (SSSR count). The minimum Gasteiger partial charge on any atom is -0.497 e. The summed E-state index contributed by atoms with van der Waals surface area (Å²) in [5.74, 6) is 0.948. The summed E-state index contributed by atoms with van der Waals surface area (Å²) < 4.78 is 17.5. The van der Waals surface area contributed by atoms with Crippen LogP contribution in [-0.4, -0.2) is 56.7 Å². The first-order valence-electron chi connectivity index (χ1n) is 9.55. The average Bonchev–Trinajstić information content (AvgIpc) is 3.50. The molecule has 0 spiro atoms. The van der Waals surface area contributed by atoms with E-state index in [1.807, 2.05) is 29.3 Å². The Bertz CT molecular complexity index is 729. The number of hydrogen-bond acceptors (Lipinski definition) is 6. The van der Waals surface area contributed by atoms with Gasteiger partial charge >= 0.3 is 0 Å². The summed E-state index contributed by atoms with van der Waals surface area (Å²) in [6.45, 7) is 11.6. The molecule has 6 atom stereocenters. The predicted molar refractivity (Wildman–Crippen MR) is 103 cm³/mol. The molecule has 6 nitrogen and oxygen atoms in total. The highest BCUT2D eigenvalue weighted by molar-refractivity contribution is 6.74. The standard InChI is InChI=1S/C20H29NO5Si/c1-20(2,3)27(5,6)26-17-15-14(16(22)18-19(17)25-18)21(15)24-11-12-7-9-13(23-4)10-8-12/h7-10,14-15,17-19H,11H2,1-6H3/t14-,15+,17-,18-,19+,21?/m0/s1. The summed E-state index contributed by atoms with van der Waals surface area (Å²) in [5.41, 5.74) is 1.04. The molecule has 0 radical (unpaired) electrons. The van der Waals surface area contributed by atoms with Gasteiger partial charge in [0.05, 0.1) is 25.9 Å². The zero-order chi connectivity index (χ0) is 19.6. The van der Waals surface area contributed by atoms with Crippen LogP contribution in [-0.2, 0) is 25.4 Å².